The lowest BCUT2D eigenvalue weighted by Gasteiger charge is -2.35. The van der Waals surface area contributed by atoms with Crippen LogP contribution in [0.15, 0.2) is 30.5 Å². The van der Waals surface area contributed by atoms with Crippen molar-refractivity contribution in [2.75, 3.05) is 55.0 Å². The Morgan fingerprint density at radius 2 is 1.80 bits per heavy atom. The first kappa shape index (κ1) is 16.4. The predicted molar refractivity (Wildman–Crippen MR) is 105 cm³/mol. The molecular weight excluding hydrogens is 356 g/mol. The molecular formula is C17H19ClN6S. The van der Waals surface area contributed by atoms with E-state index >= 15 is 0 Å². The lowest BCUT2D eigenvalue weighted by molar-refractivity contribution is 0.645. The van der Waals surface area contributed by atoms with Gasteiger partial charge in [-0.1, -0.05) is 22.9 Å². The standard InChI is InChI=1S/C17H19ClN6S/c1-22(2)16-19-6-5-15(21-16)23-7-9-24(10-8-23)17-20-13-11-12(18)3-4-14(13)25-17/h3-6,11H,7-10H2,1-2H3. The van der Waals surface area contributed by atoms with Crippen molar-refractivity contribution in [1.82, 2.24) is 15.0 Å². The molecule has 4 rings (SSSR count). The quantitative estimate of drug-likeness (QED) is 0.702. The molecule has 0 bridgehead atoms. The van der Waals surface area contributed by atoms with E-state index in [1.165, 1.54) is 4.70 Å². The second kappa shape index (κ2) is 6.65. The Balaban J connectivity index is 1.48. The molecule has 1 aliphatic rings. The van der Waals surface area contributed by atoms with E-state index in [-0.39, 0.29) is 0 Å². The number of nitrogens with zero attached hydrogens (tertiary/aromatic N) is 6. The molecule has 0 spiro atoms. The molecule has 0 atom stereocenters. The van der Waals surface area contributed by atoms with Crippen molar-refractivity contribution < 1.29 is 0 Å². The van der Waals surface area contributed by atoms with Crippen LogP contribution in [0.5, 0.6) is 0 Å². The first-order valence-corrected chi connectivity index (χ1v) is 9.36. The van der Waals surface area contributed by atoms with E-state index in [0.29, 0.717) is 0 Å². The molecule has 25 heavy (non-hydrogen) atoms. The number of hydrogen-bond donors (Lipinski definition) is 0. The summed E-state index contributed by atoms with van der Waals surface area (Å²) in [5.41, 5.74) is 0.973. The number of piperazine rings is 1. The number of fused-ring (bicyclic) bond motifs is 1. The highest BCUT2D eigenvalue weighted by molar-refractivity contribution is 7.22. The van der Waals surface area contributed by atoms with Crippen molar-refractivity contribution >= 4 is 50.1 Å². The smallest absolute Gasteiger partial charge is 0.226 e. The summed E-state index contributed by atoms with van der Waals surface area (Å²) >= 11 is 7.79. The zero-order valence-electron chi connectivity index (χ0n) is 14.2. The van der Waals surface area contributed by atoms with Gasteiger partial charge in [0.05, 0.1) is 10.2 Å². The number of benzene rings is 1. The molecule has 0 aliphatic carbocycles. The Hall–Kier alpha value is -2.12. The minimum absolute atomic E-state index is 0.731. The molecule has 6 nitrogen and oxygen atoms in total. The molecule has 1 aromatic carbocycles. The normalized spacial score (nSPS) is 15.0. The number of halogens is 1. The topological polar surface area (TPSA) is 48.4 Å². The zero-order valence-corrected chi connectivity index (χ0v) is 15.8. The fraction of sp³-hybridized carbons (Fsp3) is 0.353. The summed E-state index contributed by atoms with van der Waals surface area (Å²) < 4.78 is 1.17. The van der Waals surface area contributed by atoms with E-state index < -0.39 is 0 Å². The van der Waals surface area contributed by atoms with Gasteiger partial charge in [-0.3, -0.25) is 0 Å². The van der Waals surface area contributed by atoms with Gasteiger partial charge in [-0.05, 0) is 24.3 Å². The van der Waals surface area contributed by atoms with E-state index in [0.717, 1.165) is 53.6 Å². The Morgan fingerprint density at radius 1 is 1.04 bits per heavy atom. The van der Waals surface area contributed by atoms with E-state index in [2.05, 4.69) is 19.8 Å². The molecule has 0 N–H and O–H groups in total. The number of thiazole rings is 1. The Kier molecular flexibility index (Phi) is 4.35. The molecule has 1 fully saturated rings. The second-order valence-electron chi connectivity index (χ2n) is 6.19. The van der Waals surface area contributed by atoms with Gasteiger partial charge in [0.25, 0.3) is 0 Å². The summed E-state index contributed by atoms with van der Waals surface area (Å²) in [5.74, 6) is 1.72. The molecule has 0 unspecified atom stereocenters. The highest BCUT2D eigenvalue weighted by atomic mass is 35.5. The summed E-state index contributed by atoms with van der Waals surface area (Å²) in [5, 5.41) is 1.79. The van der Waals surface area contributed by atoms with Crippen molar-refractivity contribution in [3.8, 4) is 0 Å². The van der Waals surface area contributed by atoms with Crippen LogP contribution in [0, 0.1) is 0 Å². The molecule has 0 radical (unpaired) electrons. The lowest BCUT2D eigenvalue weighted by Crippen LogP contribution is -2.46. The van der Waals surface area contributed by atoms with Crippen LogP contribution in [-0.4, -0.2) is 55.2 Å². The monoisotopic (exact) mass is 374 g/mol. The maximum absolute atomic E-state index is 6.06. The van der Waals surface area contributed by atoms with Crippen molar-refractivity contribution in [2.45, 2.75) is 0 Å². The molecule has 3 heterocycles. The maximum Gasteiger partial charge on any atom is 0.226 e. The van der Waals surface area contributed by atoms with Crippen LogP contribution in [0.25, 0.3) is 10.2 Å². The highest BCUT2D eigenvalue weighted by Gasteiger charge is 2.21. The van der Waals surface area contributed by atoms with Crippen LogP contribution in [0.4, 0.5) is 16.9 Å². The predicted octanol–water partition coefficient (Wildman–Crippen LogP) is 3.13. The van der Waals surface area contributed by atoms with Gasteiger partial charge in [-0.2, -0.15) is 4.98 Å². The fourth-order valence-corrected chi connectivity index (χ4v) is 4.05. The van der Waals surface area contributed by atoms with Crippen molar-refractivity contribution in [1.29, 1.82) is 0 Å². The van der Waals surface area contributed by atoms with E-state index in [4.69, 9.17) is 16.6 Å². The molecule has 1 saturated heterocycles. The summed E-state index contributed by atoms with van der Waals surface area (Å²) in [6.07, 6.45) is 1.82. The summed E-state index contributed by atoms with van der Waals surface area (Å²) in [7, 11) is 3.91. The number of anilines is 3. The second-order valence-corrected chi connectivity index (χ2v) is 7.64. The molecule has 3 aromatic rings. The molecule has 130 valence electrons. The van der Waals surface area contributed by atoms with Crippen molar-refractivity contribution in [3.05, 3.63) is 35.5 Å². The third-order valence-electron chi connectivity index (χ3n) is 4.24. The minimum Gasteiger partial charge on any atom is -0.353 e. The Labute approximate surface area is 155 Å². The average Bonchev–Trinajstić information content (AvgIpc) is 3.05. The van der Waals surface area contributed by atoms with Gasteiger partial charge < -0.3 is 14.7 Å². The van der Waals surface area contributed by atoms with E-state index in [9.17, 15) is 0 Å². The number of aromatic nitrogens is 3. The van der Waals surface area contributed by atoms with Crippen LogP contribution in [-0.2, 0) is 0 Å². The largest absolute Gasteiger partial charge is 0.353 e. The summed E-state index contributed by atoms with van der Waals surface area (Å²) in [6.45, 7) is 3.69. The van der Waals surface area contributed by atoms with Crippen LogP contribution in [0.1, 0.15) is 0 Å². The Bertz CT molecular complexity index is 888. The Morgan fingerprint density at radius 3 is 2.56 bits per heavy atom. The third kappa shape index (κ3) is 3.34. The minimum atomic E-state index is 0.731. The lowest BCUT2D eigenvalue weighted by atomic mass is 10.3. The van der Waals surface area contributed by atoms with E-state index in [1.54, 1.807) is 11.3 Å². The van der Waals surface area contributed by atoms with Crippen molar-refractivity contribution in [2.24, 2.45) is 0 Å². The molecule has 0 saturated carbocycles. The average molecular weight is 375 g/mol. The van der Waals surface area contributed by atoms with Gasteiger partial charge >= 0.3 is 0 Å². The first-order valence-electron chi connectivity index (χ1n) is 8.16. The van der Waals surface area contributed by atoms with Gasteiger partial charge in [-0.15, -0.1) is 0 Å². The van der Waals surface area contributed by atoms with Crippen LogP contribution < -0.4 is 14.7 Å². The van der Waals surface area contributed by atoms with Gasteiger partial charge in [0.2, 0.25) is 5.95 Å². The molecule has 1 aliphatic heterocycles. The summed E-state index contributed by atoms with van der Waals surface area (Å²) in [4.78, 5) is 20.2. The third-order valence-corrected chi connectivity index (χ3v) is 5.57. The SMILES string of the molecule is CN(C)c1nccc(N2CCN(c3nc4cc(Cl)ccc4s3)CC2)n1. The number of hydrogen-bond acceptors (Lipinski definition) is 7. The van der Waals surface area contributed by atoms with Gasteiger partial charge in [-0.25, -0.2) is 9.97 Å². The van der Waals surface area contributed by atoms with Crippen LogP contribution in [0.2, 0.25) is 5.02 Å². The van der Waals surface area contributed by atoms with Gasteiger partial charge in [0.1, 0.15) is 5.82 Å². The van der Waals surface area contributed by atoms with Gasteiger partial charge in [0, 0.05) is 51.5 Å². The van der Waals surface area contributed by atoms with E-state index in [1.807, 2.05) is 49.5 Å². The van der Waals surface area contributed by atoms with Crippen molar-refractivity contribution in [3.63, 3.8) is 0 Å². The fourth-order valence-electron chi connectivity index (χ4n) is 2.88. The van der Waals surface area contributed by atoms with Gasteiger partial charge in [0.15, 0.2) is 5.13 Å². The molecule has 2 aromatic heterocycles. The van der Waals surface area contributed by atoms with Crippen LogP contribution in [0.3, 0.4) is 0 Å². The first-order chi connectivity index (χ1) is 12.1. The number of rotatable bonds is 3. The zero-order chi connectivity index (χ0) is 17.4. The maximum atomic E-state index is 6.06. The molecule has 8 heteroatoms. The summed E-state index contributed by atoms with van der Waals surface area (Å²) in [6, 6.07) is 7.86. The highest BCUT2D eigenvalue weighted by Crippen LogP contribution is 2.31. The molecule has 0 amide bonds. The van der Waals surface area contributed by atoms with Crippen LogP contribution >= 0.6 is 22.9 Å².